The van der Waals surface area contributed by atoms with Gasteiger partial charge in [0.2, 0.25) is 5.88 Å². The Morgan fingerprint density at radius 1 is 1.56 bits per heavy atom. The van der Waals surface area contributed by atoms with Crippen molar-refractivity contribution in [1.82, 2.24) is 9.78 Å². The standard InChI is InChI=1S/C9H9F3N2O2/c1-3-4-16-8-6(5-15)7(9(10,11)12)13-14(8)2/h3,5H,1,4H2,2H3. The summed E-state index contributed by atoms with van der Waals surface area (Å²) in [6, 6.07) is 0. The van der Waals surface area contributed by atoms with Gasteiger partial charge < -0.3 is 4.74 Å². The van der Waals surface area contributed by atoms with E-state index in [9.17, 15) is 18.0 Å². The molecule has 16 heavy (non-hydrogen) atoms. The Labute approximate surface area is 89.3 Å². The molecule has 88 valence electrons. The van der Waals surface area contributed by atoms with E-state index in [0.29, 0.717) is 0 Å². The van der Waals surface area contributed by atoms with Crippen LogP contribution < -0.4 is 4.74 Å². The molecule has 1 aromatic heterocycles. The summed E-state index contributed by atoms with van der Waals surface area (Å²) in [6.07, 6.45) is -3.24. The highest BCUT2D eigenvalue weighted by Gasteiger charge is 2.39. The van der Waals surface area contributed by atoms with Gasteiger partial charge in [-0.2, -0.15) is 18.3 Å². The third-order valence-corrected chi connectivity index (χ3v) is 1.75. The van der Waals surface area contributed by atoms with Gasteiger partial charge in [-0.25, -0.2) is 4.68 Å². The van der Waals surface area contributed by atoms with Crippen LogP contribution in [0.25, 0.3) is 0 Å². The van der Waals surface area contributed by atoms with Crippen molar-refractivity contribution in [3.63, 3.8) is 0 Å². The minimum Gasteiger partial charge on any atom is -0.473 e. The zero-order valence-electron chi connectivity index (χ0n) is 8.41. The first kappa shape index (κ1) is 12.3. The van der Waals surface area contributed by atoms with Gasteiger partial charge in [0.1, 0.15) is 12.2 Å². The van der Waals surface area contributed by atoms with Crippen molar-refractivity contribution in [2.45, 2.75) is 6.18 Å². The number of hydrogen-bond donors (Lipinski definition) is 0. The molecule has 7 heteroatoms. The summed E-state index contributed by atoms with van der Waals surface area (Å²) in [5.74, 6) is -0.220. The zero-order valence-corrected chi connectivity index (χ0v) is 8.41. The molecular formula is C9H9F3N2O2. The third-order valence-electron chi connectivity index (χ3n) is 1.75. The molecule has 0 aromatic carbocycles. The highest BCUT2D eigenvalue weighted by Crippen LogP contribution is 2.34. The summed E-state index contributed by atoms with van der Waals surface area (Å²) < 4.78 is 43.1. The number of alkyl halides is 3. The number of hydrogen-bond acceptors (Lipinski definition) is 3. The Morgan fingerprint density at radius 2 is 2.19 bits per heavy atom. The third kappa shape index (κ3) is 2.23. The molecule has 0 amide bonds. The molecule has 0 aliphatic rings. The normalized spacial score (nSPS) is 11.2. The first-order valence-corrected chi connectivity index (χ1v) is 4.25. The van der Waals surface area contributed by atoms with Crippen LogP contribution >= 0.6 is 0 Å². The lowest BCUT2D eigenvalue weighted by Crippen LogP contribution is -2.09. The SMILES string of the molecule is C=CCOc1c(C=O)c(C(F)(F)F)nn1C. The van der Waals surface area contributed by atoms with Crippen LogP contribution in [0.1, 0.15) is 16.1 Å². The highest BCUT2D eigenvalue weighted by molar-refractivity contribution is 5.80. The van der Waals surface area contributed by atoms with Gasteiger partial charge in [0.15, 0.2) is 12.0 Å². The molecule has 0 aliphatic heterocycles. The molecule has 1 rings (SSSR count). The molecule has 0 atom stereocenters. The van der Waals surface area contributed by atoms with Gasteiger partial charge in [-0.05, 0) is 0 Å². The van der Waals surface area contributed by atoms with Crippen molar-refractivity contribution < 1.29 is 22.7 Å². The molecule has 0 fully saturated rings. The molecule has 0 spiro atoms. The van der Waals surface area contributed by atoms with E-state index in [2.05, 4.69) is 11.7 Å². The molecule has 1 heterocycles. The average Bonchev–Trinajstić information content (AvgIpc) is 2.51. The number of carbonyl (C=O) groups is 1. The van der Waals surface area contributed by atoms with Gasteiger partial charge in [0.25, 0.3) is 0 Å². The van der Waals surface area contributed by atoms with Crippen LogP contribution in [0.15, 0.2) is 12.7 Å². The quantitative estimate of drug-likeness (QED) is 0.589. The summed E-state index contributed by atoms with van der Waals surface area (Å²) in [7, 11) is 1.26. The van der Waals surface area contributed by atoms with E-state index < -0.39 is 17.4 Å². The van der Waals surface area contributed by atoms with Crippen LogP contribution in [0.3, 0.4) is 0 Å². The number of ether oxygens (including phenoxy) is 1. The van der Waals surface area contributed by atoms with Crippen molar-refractivity contribution in [3.8, 4) is 5.88 Å². The van der Waals surface area contributed by atoms with Crippen LogP contribution in [-0.4, -0.2) is 22.7 Å². The first-order chi connectivity index (χ1) is 7.41. The van der Waals surface area contributed by atoms with Crippen LogP contribution in [0.2, 0.25) is 0 Å². The maximum absolute atomic E-state index is 12.4. The Kier molecular flexibility index (Phi) is 3.36. The number of rotatable bonds is 4. The van der Waals surface area contributed by atoms with Crippen molar-refractivity contribution >= 4 is 6.29 Å². The fourth-order valence-corrected chi connectivity index (χ4v) is 1.15. The molecule has 0 radical (unpaired) electrons. The fraction of sp³-hybridized carbons (Fsp3) is 0.333. The Bertz CT molecular complexity index is 410. The zero-order chi connectivity index (χ0) is 12.3. The predicted octanol–water partition coefficient (Wildman–Crippen LogP) is 1.82. The summed E-state index contributed by atoms with van der Waals surface area (Å²) in [5.41, 5.74) is -1.85. The Balaban J connectivity index is 3.23. The second-order valence-electron chi connectivity index (χ2n) is 2.91. The molecule has 0 bridgehead atoms. The lowest BCUT2D eigenvalue weighted by Gasteiger charge is -2.03. The Morgan fingerprint density at radius 3 is 2.62 bits per heavy atom. The monoisotopic (exact) mass is 234 g/mol. The van der Waals surface area contributed by atoms with Gasteiger partial charge in [0, 0.05) is 7.05 Å². The molecule has 0 saturated heterocycles. The van der Waals surface area contributed by atoms with Gasteiger partial charge >= 0.3 is 6.18 Å². The summed E-state index contributed by atoms with van der Waals surface area (Å²) in [6.45, 7) is 3.35. The predicted molar refractivity (Wildman–Crippen MR) is 49.3 cm³/mol. The Hall–Kier alpha value is -1.79. The highest BCUT2D eigenvalue weighted by atomic mass is 19.4. The van der Waals surface area contributed by atoms with Crippen LogP contribution in [0.4, 0.5) is 13.2 Å². The topological polar surface area (TPSA) is 44.1 Å². The van der Waals surface area contributed by atoms with Crippen LogP contribution in [-0.2, 0) is 13.2 Å². The molecule has 0 unspecified atom stereocenters. The molecule has 4 nitrogen and oxygen atoms in total. The van der Waals surface area contributed by atoms with E-state index in [-0.39, 0.29) is 18.8 Å². The summed E-state index contributed by atoms with van der Waals surface area (Å²) >= 11 is 0. The van der Waals surface area contributed by atoms with E-state index >= 15 is 0 Å². The molecule has 0 aliphatic carbocycles. The number of halogens is 3. The molecule has 1 aromatic rings. The van der Waals surface area contributed by atoms with Crippen molar-refractivity contribution in [2.75, 3.05) is 6.61 Å². The van der Waals surface area contributed by atoms with E-state index in [0.717, 1.165) is 4.68 Å². The van der Waals surface area contributed by atoms with Crippen LogP contribution in [0, 0.1) is 0 Å². The number of aromatic nitrogens is 2. The molecule has 0 N–H and O–H groups in total. The second kappa shape index (κ2) is 4.38. The van der Waals surface area contributed by atoms with Crippen molar-refractivity contribution in [1.29, 1.82) is 0 Å². The fourth-order valence-electron chi connectivity index (χ4n) is 1.15. The van der Waals surface area contributed by atoms with Gasteiger partial charge in [-0.3, -0.25) is 4.79 Å². The van der Waals surface area contributed by atoms with E-state index in [1.165, 1.54) is 13.1 Å². The minimum atomic E-state index is -4.68. The summed E-state index contributed by atoms with van der Waals surface area (Å²) in [4.78, 5) is 10.6. The van der Waals surface area contributed by atoms with Crippen molar-refractivity contribution in [2.24, 2.45) is 7.05 Å². The lowest BCUT2D eigenvalue weighted by atomic mass is 10.2. The van der Waals surface area contributed by atoms with E-state index in [4.69, 9.17) is 4.74 Å². The van der Waals surface area contributed by atoms with Gasteiger partial charge in [-0.1, -0.05) is 12.7 Å². The number of aldehydes is 1. The lowest BCUT2D eigenvalue weighted by molar-refractivity contribution is -0.141. The maximum atomic E-state index is 12.4. The number of carbonyl (C=O) groups excluding carboxylic acids is 1. The number of nitrogens with zero attached hydrogens (tertiary/aromatic N) is 2. The largest absolute Gasteiger partial charge is 0.473 e. The van der Waals surface area contributed by atoms with Gasteiger partial charge in [0.05, 0.1) is 0 Å². The van der Waals surface area contributed by atoms with Crippen molar-refractivity contribution in [3.05, 3.63) is 23.9 Å². The minimum absolute atomic E-state index is 0.00231. The molecular weight excluding hydrogens is 225 g/mol. The molecule has 0 saturated carbocycles. The second-order valence-corrected chi connectivity index (χ2v) is 2.91. The average molecular weight is 234 g/mol. The van der Waals surface area contributed by atoms with Crippen LogP contribution in [0.5, 0.6) is 5.88 Å². The smallest absolute Gasteiger partial charge is 0.436 e. The number of aryl methyl sites for hydroxylation is 1. The first-order valence-electron chi connectivity index (χ1n) is 4.25. The maximum Gasteiger partial charge on any atom is 0.436 e. The van der Waals surface area contributed by atoms with E-state index in [1.807, 2.05) is 0 Å². The van der Waals surface area contributed by atoms with E-state index in [1.54, 1.807) is 0 Å². The summed E-state index contributed by atoms with van der Waals surface area (Å²) in [5, 5.41) is 3.21. The van der Waals surface area contributed by atoms with Gasteiger partial charge in [-0.15, -0.1) is 0 Å².